The van der Waals surface area contributed by atoms with Gasteiger partial charge in [0.2, 0.25) is 0 Å². The van der Waals surface area contributed by atoms with Gasteiger partial charge < -0.3 is 4.90 Å². The van der Waals surface area contributed by atoms with Crippen LogP contribution in [0.2, 0.25) is 0 Å². The minimum Gasteiger partial charge on any atom is -0.325 e. The third-order valence-corrected chi connectivity index (χ3v) is 4.35. The van der Waals surface area contributed by atoms with E-state index < -0.39 is 5.54 Å². The summed E-state index contributed by atoms with van der Waals surface area (Å²) in [6, 6.07) is 3.65. The molecule has 1 aliphatic rings. The molecular weight excluding hydrogens is 278 g/mol. The first-order chi connectivity index (χ1) is 10.5. The number of hydrogen-bond donors (Lipinski definition) is 0. The molecule has 1 saturated heterocycles. The van der Waals surface area contributed by atoms with Gasteiger partial charge in [0.05, 0.1) is 0 Å². The molecule has 0 aromatic carbocycles. The number of rotatable bonds is 3. The maximum Gasteiger partial charge on any atom is 0.275 e. The molecule has 0 radical (unpaired) electrons. The number of nitrogens with zero attached hydrogens (tertiary/aromatic N) is 5. The van der Waals surface area contributed by atoms with Crippen molar-refractivity contribution in [3.8, 4) is 0 Å². The highest BCUT2D eigenvalue weighted by molar-refractivity contribution is 5.93. The highest BCUT2D eigenvalue weighted by atomic mass is 16.2. The third-order valence-electron chi connectivity index (χ3n) is 4.35. The van der Waals surface area contributed by atoms with E-state index in [9.17, 15) is 4.79 Å². The Bertz CT molecular complexity index is 695. The molecule has 1 fully saturated rings. The lowest BCUT2D eigenvalue weighted by molar-refractivity contribution is 0.0596. The molecular formula is C16H21N5O. The van der Waals surface area contributed by atoms with E-state index >= 15 is 0 Å². The van der Waals surface area contributed by atoms with Crippen molar-refractivity contribution in [1.82, 2.24) is 24.6 Å². The van der Waals surface area contributed by atoms with Gasteiger partial charge in [-0.3, -0.25) is 9.48 Å². The molecule has 0 aliphatic carbocycles. The lowest BCUT2D eigenvalue weighted by Gasteiger charge is -2.33. The molecule has 6 nitrogen and oxygen atoms in total. The lowest BCUT2D eigenvalue weighted by Crippen LogP contribution is -2.44. The second-order valence-electron chi connectivity index (χ2n) is 5.91. The van der Waals surface area contributed by atoms with Crippen LogP contribution in [0.4, 0.5) is 0 Å². The van der Waals surface area contributed by atoms with Crippen molar-refractivity contribution in [2.45, 2.75) is 45.7 Å². The normalized spacial score (nSPS) is 21.3. The third kappa shape index (κ3) is 2.38. The Morgan fingerprint density at radius 1 is 1.41 bits per heavy atom. The highest BCUT2D eigenvalue weighted by Crippen LogP contribution is 2.37. The van der Waals surface area contributed by atoms with E-state index in [-0.39, 0.29) is 5.91 Å². The van der Waals surface area contributed by atoms with E-state index in [1.165, 1.54) is 0 Å². The topological polar surface area (TPSA) is 63.9 Å². The van der Waals surface area contributed by atoms with Crippen LogP contribution in [0.25, 0.3) is 0 Å². The summed E-state index contributed by atoms with van der Waals surface area (Å²) in [6.45, 7) is 7.46. The minimum absolute atomic E-state index is 0.0442. The van der Waals surface area contributed by atoms with E-state index in [1.807, 2.05) is 37.9 Å². The second kappa shape index (κ2) is 5.51. The first-order valence-electron chi connectivity index (χ1n) is 7.70. The summed E-state index contributed by atoms with van der Waals surface area (Å²) in [4.78, 5) is 23.7. The molecule has 6 heteroatoms. The molecule has 0 spiro atoms. The SMILES string of the molecule is CCn1ccc(C(=O)N2CCC[C@]2(C)c2nccc(C)n2)n1. The van der Waals surface area contributed by atoms with Gasteiger partial charge in [-0.2, -0.15) is 5.10 Å². The fourth-order valence-electron chi connectivity index (χ4n) is 3.02. The average Bonchev–Trinajstić information content (AvgIpc) is 3.14. The summed E-state index contributed by atoms with van der Waals surface area (Å²) < 4.78 is 1.77. The first-order valence-corrected chi connectivity index (χ1v) is 7.70. The Labute approximate surface area is 130 Å². The van der Waals surface area contributed by atoms with Crippen molar-refractivity contribution in [2.24, 2.45) is 0 Å². The number of carbonyl (C=O) groups is 1. The van der Waals surface area contributed by atoms with Crippen LogP contribution in [0.1, 0.15) is 48.7 Å². The van der Waals surface area contributed by atoms with Gasteiger partial charge in [0.25, 0.3) is 5.91 Å². The van der Waals surface area contributed by atoms with E-state index in [4.69, 9.17) is 0 Å². The van der Waals surface area contributed by atoms with Gasteiger partial charge in [-0.1, -0.05) is 0 Å². The number of aryl methyl sites for hydroxylation is 2. The summed E-state index contributed by atoms with van der Waals surface area (Å²) >= 11 is 0. The number of aromatic nitrogens is 4. The molecule has 22 heavy (non-hydrogen) atoms. The number of carbonyl (C=O) groups excluding carboxylic acids is 1. The maximum atomic E-state index is 12.8. The minimum atomic E-state index is -0.459. The monoisotopic (exact) mass is 299 g/mol. The van der Waals surface area contributed by atoms with Gasteiger partial charge in [0.1, 0.15) is 11.2 Å². The Kier molecular flexibility index (Phi) is 3.68. The van der Waals surface area contributed by atoms with E-state index in [0.717, 1.165) is 25.1 Å². The quantitative estimate of drug-likeness (QED) is 0.871. The number of amides is 1. The van der Waals surface area contributed by atoms with Gasteiger partial charge >= 0.3 is 0 Å². The molecule has 3 rings (SSSR count). The van der Waals surface area contributed by atoms with Crippen LogP contribution < -0.4 is 0 Å². The molecule has 0 N–H and O–H groups in total. The predicted octanol–water partition coefficient (Wildman–Crippen LogP) is 2.15. The standard InChI is InChI=1S/C16H21N5O/c1-4-20-11-7-13(19-20)14(22)21-10-5-8-16(21,3)15-17-9-6-12(2)18-15/h6-7,9,11H,4-5,8,10H2,1-3H3/t16-/m1/s1. The van der Waals surface area contributed by atoms with Crippen LogP contribution in [-0.4, -0.2) is 37.1 Å². The second-order valence-corrected chi connectivity index (χ2v) is 5.91. The van der Waals surface area contributed by atoms with Gasteiger partial charge in [-0.25, -0.2) is 9.97 Å². The van der Waals surface area contributed by atoms with Crippen LogP contribution in [0.5, 0.6) is 0 Å². The number of hydrogen-bond acceptors (Lipinski definition) is 4. The molecule has 1 aliphatic heterocycles. The molecule has 0 unspecified atom stereocenters. The van der Waals surface area contributed by atoms with Crippen molar-refractivity contribution in [3.05, 3.63) is 41.7 Å². The van der Waals surface area contributed by atoms with Crippen LogP contribution in [0, 0.1) is 6.92 Å². The molecule has 0 bridgehead atoms. The maximum absolute atomic E-state index is 12.8. The van der Waals surface area contributed by atoms with Gasteiger partial charge in [-0.05, 0) is 45.7 Å². The molecule has 1 atom stereocenters. The van der Waals surface area contributed by atoms with E-state index in [2.05, 4.69) is 15.1 Å². The van der Waals surface area contributed by atoms with Crippen LogP contribution in [0.15, 0.2) is 24.5 Å². The van der Waals surface area contributed by atoms with Crippen LogP contribution >= 0.6 is 0 Å². The van der Waals surface area contributed by atoms with Gasteiger partial charge in [0.15, 0.2) is 5.82 Å². The summed E-state index contributed by atoms with van der Waals surface area (Å²) in [6.07, 6.45) is 5.42. The zero-order valence-corrected chi connectivity index (χ0v) is 13.3. The molecule has 116 valence electrons. The smallest absolute Gasteiger partial charge is 0.275 e. The summed E-state index contributed by atoms with van der Waals surface area (Å²) in [5.41, 5.74) is 0.947. The summed E-state index contributed by atoms with van der Waals surface area (Å²) in [5.74, 6) is 0.672. The largest absolute Gasteiger partial charge is 0.325 e. The Morgan fingerprint density at radius 2 is 2.23 bits per heavy atom. The number of likely N-dealkylation sites (tertiary alicyclic amines) is 1. The Hall–Kier alpha value is -2.24. The molecule has 3 heterocycles. The lowest BCUT2D eigenvalue weighted by atomic mass is 9.97. The van der Waals surface area contributed by atoms with E-state index in [1.54, 1.807) is 16.9 Å². The molecule has 2 aromatic rings. The van der Waals surface area contributed by atoms with Crippen molar-refractivity contribution in [3.63, 3.8) is 0 Å². The van der Waals surface area contributed by atoms with Gasteiger partial charge in [-0.15, -0.1) is 0 Å². The van der Waals surface area contributed by atoms with Crippen LogP contribution in [0.3, 0.4) is 0 Å². The predicted molar refractivity (Wildman–Crippen MR) is 82.3 cm³/mol. The Balaban J connectivity index is 1.93. The van der Waals surface area contributed by atoms with Gasteiger partial charge in [0, 0.05) is 31.2 Å². The molecule has 1 amide bonds. The summed E-state index contributed by atoms with van der Waals surface area (Å²) in [7, 11) is 0. The first kappa shape index (κ1) is 14.7. The fraction of sp³-hybridized carbons (Fsp3) is 0.500. The van der Waals surface area contributed by atoms with Crippen molar-refractivity contribution in [1.29, 1.82) is 0 Å². The fourth-order valence-corrected chi connectivity index (χ4v) is 3.02. The van der Waals surface area contributed by atoms with Crippen molar-refractivity contribution < 1.29 is 4.79 Å². The Morgan fingerprint density at radius 3 is 2.91 bits per heavy atom. The molecule has 0 saturated carbocycles. The van der Waals surface area contributed by atoms with Crippen molar-refractivity contribution in [2.75, 3.05) is 6.54 Å². The zero-order valence-electron chi connectivity index (χ0n) is 13.3. The highest BCUT2D eigenvalue weighted by Gasteiger charge is 2.44. The zero-order chi connectivity index (χ0) is 15.7. The van der Waals surface area contributed by atoms with E-state index in [0.29, 0.717) is 18.1 Å². The average molecular weight is 299 g/mol. The summed E-state index contributed by atoms with van der Waals surface area (Å²) in [5, 5.41) is 4.33. The van der Waals surface area contributed by atoms with Crippen molar-refractivity contribution >= 4 is 5.91 Å². The van der Waals surface area contributed by atoms with Crippen LogP contribution in [-0.2, 0) is 12.1 Å². The molecule has 2 aromatic heterocycles.